The van der Waals surface area contributed by atoms with Crippen molar-refractivity contribution in [2.75, 3.05) is 20.8 Å². The second-order valence-corrected chi connectivity index (χ2v) is 13.7. The molecule has 1 spiro atoms. The third-order valence-electron chi connectivity index (χ3n) is 10.8. The summed E-state index contributed by atoms with van der Waals surface area (Å²) in [5.74, 6) is 1.82. The molecule has 5 unspecified atom stereocenters. The van der Waals surface area contributed by atoms with Crippen molar-refractivity contribution in [3.8, 4) is 39.9 Å². The molecule has 1 saturated carbocycles. The predicted molar refractivity (Wildman–Crippen MR) is 182 cm³/mol. The highest BCUT2D eigenvalue weighted by atomic mass is 16.5. The average molecular weight is 653 g/mol. The second kappa shape index (κ2) is 12.4. The number of allylic oxidation sites excluding steroid dienone is 2. The summed E-state index contributed by atoms with van der Waals surface area (Å²) in [6.45, 7) is 3.70. The Morgan fingerprint density at radius 1 is 1.10 bits per heavy atom. The minimum atomic E-state index is -0.474. The summed E-state index contributed by atoms with van der Waals surface area (Å²) < 4.78 is 24.0. The topological polar surface area (TPSA) is 133 Å². The van der Waals surface area contributed by atoms with E-state index in [4.69, 9.17) is 24.7 Å². The number of phenolic OH excluding ortho intramolecular Hbond substituents is 2. The number of esters is 1. The molecule has 5 atom stereocenters. The highest BCUT2D eigenvalue weighted by Gasteiger charge is 2.50. The first-order chi connectivity index (χ1) is 23.1. The van der Waals surface area contributed by atoms with Gasteiger partial charge in [0.05, 0.1) is 26.3 Å². The van der Waals surface area contributed by atoms with Gasteiger partial charge in [0.15, 0.2) is 11.5 Å². The number of rotatable bonds is 8. The van der Waals surface area contributed by atoms with Gasteiger partial charge in [-0.2, -0.15) is 0 Å². The van der Waals surface area contributed by atoms with Gasteiger partial charge < -0.3 is 40.2 Å². The first kappa shape index (κ1) is 31.9. The van der Waals surface area contributed by atoms with E-state index in [0.29, 0.717) is 17.4 Å². The van der Waals surface area contributed by atoms with E-state index in [1.807, 2.05) is 12.1 Å². The number of dihydropyridines is 1. The molecule has 0 bridgehead atoms. The average Bonchev–Trinajstić information content (AvgIpc) is 3.65. The van der Waals surface area contributed by atoms with Gasteiger partial charge in [0.1, 0.15) is 30.0 Å². The van der Waals surface area contributed by atoms with E-state index in [0.717, 1.165) is 77.7 Å². The van der Waals surface area contributed by atoms with Gasteiger partial charge in [-0.15, -0.1) is 0 Å². The zero-order valence-electron chi connectivity index (χ0n) is 28.0. The van der Waals surface area contributed by atoms with Gasteiger partial charge in [-0.25, -0.2) is 0 Å². The molecule has 7 rings (SSSR count). The highest BCUT2D eigenvalue weighted by Crippen LogP contribution is 2.62. The summed E-state index contributed by atoms with van der Waals surface area (Å²) in [4.78, 5) is 12.1. The number of phenols is 2. The summed E-state index contributed by atoms with van der Waals surface area (Å²) in [5.41, 5.74) is 14.5. The van der Waals surface area contributed by atoms with E-state index in [1.54, 1.807) is 25.3 Å². The Bertz CT molecular complexity index is 1830. The molecular weight excluding hydrogens is 608 g/mol. The standard InChI is InChI=1S/C39H44N2O7/c1-5-24-13-23(19-41-38(24)40)12-22-10-11-39(17-22)18-26-14-27(43)16-33(46-4)34(26)29-8-7-28-30(20-47-21(2)42)36(48-37(28)35(29)39)25-6-9-31(44)32(15-25)45-3/h6-9,13-16,19,22,30,36,38,41,43-44H,5,10-12,17-18,20,40H2,1-4H3. The third-order valence-corrected chi connectivity index (χ3v) is 10.8. The molecule has 0 radical (unpaired) electrons. The zero-order valence-corrected chi connectivity index (χ0v) is 28.0. The van der Waals surface area contributed by atoms with E-state index in [2.05, 4.69) is 36.6 Å². The number of ether oxygens (including phenoxy) is 4. The molecule has 3 aromatic rings. The molecule has 2 aliphatic carbocycles. The minimum Gasteiger partial charge on any atom is -0.508 e. The third kappa shape index (κ3) is 5.44. The molecule has 2 heterocycles. The van der Waals surface area contributed by atoms with Gasteiger partial charge in [-0.05, 0) is 90.5 Å². The molecular formula is C39H44N2O7. The van der Waals surface area contributed by atoms with Crippen molar-refractivity contribution >= 4 is 5.97 Å². The maximum atomic E-state index is 12.1. The number of nitrogens with two attached hydrogens (primary N) is 1. The fourth-order valence-corrected chi connectivity index (χ4v) is 8.64. The molecule has 3 aromatic carbocycles. The Hall–Kier alpha value is -4.63. The van der Waals surface area contributed by atoms with Crippen molar-refractivity contribution in [1.29, 1.82) is 0 Å². The molecule has 5 N–H and O–H groups in total. The van der Waals surface area contributed by atoms with E-state index in [9.17, 15) is 15.0 Å². The number of benzene rings is 3. The van der Waals surface area contributed by atoms with Crippen LogP contribution in [-0.2, 0) is 21.4 Å². The van der Waals surface area contributed by atoms with Crippen LogP contribution >= 0.6 is 0 Å². The number of methoxy groups -OCH3 is 2. The summed E-state index contributed by atoms with van der Waals surface area (Å²) in [7, 11) is 3.15. The first-order valence-corrected chi connectivity index (χ1v) is 16.8. The van der Waals surface area contributed by atoms with Crippen LogP contribution in [0.4, 0.5) is 0 Å². The molecule has 48 heavy (non-hydrogen) atoms. The van der Waals surface area contributed by atoms with Crippen LogP contribution in [0.2, 0.25) is 0 Å². The summed E-state index contributed by atoms with van der Waals surface area (Å²) in [6.07, 6.45) is 9.25. The van der Waals surface area contributed by atoms with Crippen LogP contribution in [-0.4, -0.2) is 43.2 Å². The maximum absolute atomic E-state index is 12.1. The van der Waals surface area contributed by atoms with Crippen molar-refractivity contribution < 1.29 is 34.0 Å². The SMILES string of the molecule is CCC1=CC(CC2CCC3(Cc4cc(O)cc(OC)c4-c4ccc5c(c43)OC(c3ccc(O)c(OC)c3)C5COC(C)=O)C2)=CNC1N. The van der Waals surface area contributed by atoms with Gasteiger partial charge >= 0.3 is 5.97 Å². The Balaban J connectivity index is 1.35. The van der Waals surface area contributed by atoms with Gasteiger partial charge in [0, 0.05) is 41.3 Å². The smallest absolute Gasteiger partial charge is 0.302 e. The van der Waals surface area contributed by atoms with Crippen LogP contribution in [0.5, 0.6) is 28.7 Å². The minimum absolute atomic E-state index is 0.0414. The van der Waals surface area contributed by atoms with Crippen LogP contribution < -0.4 is 25.3 Å². The summed E-state index contributed by atoms with van der Waals surface area (Å²) >= 11 is 0. The molecule has 1 fully saturated rings. The predicted octanol–water partition coefficient (Wildman–Crippen LogP) is 6.65. The van der Waals surface area contributed by atoms with Gasteiger partial charge in [-0.1, -0.05) is 31.2 Å². The Labute approximate surface area is 281 Å². The monoisotopic (exact) mass is 652 g/mol. The van der Waals surface area contributed by atoms with E-state index in [-0.39, 0.29) is 41.6 Å². The lowest BCUT2D eigenvalue weighted by molar-refractivity contribution is -0.141. The van der Waals surface area contributed by atoms with Gasteiger partial charge in [-0.3, -0.25) is 4.79 Å². The molecule has 9 heteroatoms. The number of aromatic hydroxyl groups is 2. The van der Waals surface area contributed by atoms with Gasteiger partial charge in [0.25, 0.3) is 0 Å². The van der Waals surface area contributed by atoms with E-state index >= 15 is 0 Å². The highest BCUT2D eigenvalue weighted by molar-refractivity contribution is 5.84. The van der Waals surface area contributed by atoms with Crippen LogP contribution in [0.15, 0.2) is 65.9 Å². The molecule has 0 saturated heterocycles. The molecule has 4 aliphatic rings. The Morgan fingerprint density at radius 3 is 2.67 bits per heavy atom. The first-order valence-electron chi connectivity index (χ1n) is 16.8. The van der Waals surface area contributed by atoms with Crippen molar-refractivity contribution in [2.45, 2.75) is 76.0 Å². The van der Waals surface area contributed by atoms with E-state index in [1.165, 1.54) is 25.2 Å². The fraction of sp³-hybridized carbons (Fsp3) is 0.410. The quantitative estimate of drug-likeness (QED) is 0.197. The van der Waals surface area contributed by atoms with Crippen molar-refractivity contribution in [3.63, 3.8) is 0 Å². The van der Waals surface area contributed by atoms with Crippen LogP contribution in [0.25, 0.3) is 11.1 Å². The largest absolute Gasteiger partial charge is 0.508 e. The lowest BCUT2D eigenvalue weighted by Crippen LogP contribution is -2.37. The van der Waals surface area contributed by atoms with E-state index < -0.39 is 6.10 Å². The van der Waals surface area contributed by atoms with Crippen LogP contribution in [0.1, 0.15) is 80.2 Å². The lowest BCUT2D eigenvalue weighted by atomic mass is 9.65. The van der Waals surface area contributed by atoms with Crippen molar-refractivity contribution in [3.05, 3.63) is 88.1 Å². The molecule has 0 amide bonds. The number of carbonyl (C=O) groups excluding carboxylic acids is 1. The Morgan fingerprint density at radius 2 is 1.92 bits per heavy atom. The van der Waals surface area contributed by atoms with Crippen LogP contribution in [0.3, 0.4) is 0 Å². The van der Waals surface area contributed by atoms with Crippen molar-refractivity contribution in [1.82, 2.24) is 5.32 Å². The van der Waals surface area contributed by atoms with Crippen molar-refractivity contribution in [2.24, 2.45) is 11.7 Å². The number of nitrogens with one attached hydrogen (secondary N) is 1. The molecule has 0 aromatic heterocycles. The fourth-order valence-electron chi connectivity index (χ4n) is 8.64. The van der Waals surface area contributed by atoms with Crippen LogP contribution in [0, 0.1) is 5.92 Å². The lowest BCUT2D eigenvalue weighted by Gasteiger charge is -2.39. The molecule has 9 nitrogen and oxygen atoms in total. The molecule has 252 valence electrons. The maximum Gasteiger partial charge on any atom is 0.302 e. The number of fused-ring (bicyclic) bond motifs is 6. The zero-order chi connectivity index (χ0) is 33.7. The molecule has 2 aliphatic heterocycles. The number of carbonyl (C=O) groups is 1. The number of hydrogen-bond acceptors (Lipinski definition) is 9. The number of hydrogen-bond donors (Lipinski definition) is 4. The van der Waals surface area contributed by atoms with Gasteiger partial charge in [0.2, 0.25) is 0 Å². The summed E-state index contributed by atoms with van der Waals surface area (Å²) in [6, 6.07) is 13.0. The Kier molecular flexibility index (Phi) is 8.27. The summed E-state index contributed by atoms with van der Waals surface area (Å²) in [5, 5.41) is 24.4. The second-order valence-electron chi connectivity index (χ2n) is 13.7. The normalized spacial score (nSPS) is 25.2.